The summed E-state index contributed by atoms with van der Waals surface area (Å²) >= 11 is 7.35. The number of carboxylic acids is 1. The molecule has 1 unspecified atom stereocenters. The van der Waals surface area contributed by atoms with E-state index >= 15 is 0 Å². The van der Waals surface area contributed by atoms with E-state index in [1.165, 1.54) is 16.2 Å². The minimum atomic E-state index is -1.16. The number of rotatable bonds is 7. The Morgan fingerprint density at radius 1 is 1.26 bits per heavy atom. The van der Waals surface area contributed by atoms with Crippen LogP contribution < -0.4 is 10.6 Å². The van der Waals surface area contributed by atoms with Crippen molar-refractivity contribution in [2.24, 2.45) is 0 Å². The maximum Gasteiger partial charge on any atom is 0.326 e. The van der Waals surface area contributed by atoms with Crippen LogP contribution in [0.25, 0.3) is 10.9 Å². The molecule has 0 saturated carbocycles. The van der Waals surface area contributed by atoms with E-state index in [-0.39, 0.29) is 23.7 Å². The van der Waals surface area contributed by atoms with Crippen molar-refractivity contribution < 1.29 is 24.3 Å². The molecule has 1 aromatic carbocycles. The van der Waals surface area contributed by atoms with E-state index in [0.29, 0.717) is 17.1 Å². The number of H-pyrrole nitrogens is 1. The number of aromatic nitrogens is 2. The van der Waals surface area contributed by atoms with E-state index in [9.17, 15) is 24.3 Å². The molecule has 3 amide bonds. The molecule has 13 heteroatoms. The van der Waals surface area contributed by atoms with Crippen LogP contribution in [0.2, 0.25) is 5.02 Å². The molecular formula is C25H27ClN6O5S. The number of amides is 3. The lowest BCUT2D eigenvalue weighted by Gasteiger charge is -2.23. The third kappa shape index (κ3) is 4.98. The van der Waals surface area contributed by atoms with Gasteiger partial charge in [0.15, 0.2) is 5.01 Å². The van der Waals surface area contributed by atoms with Crippen molar-refractivity contribution in [1.82, 2.24) is 30.4 Å². The number of carbonyl (C=O) groups excluding carboxylic acids is 3. The first-order valence-electron chi connectivity index (χ1n) is 12.2. The summed E-state index contributed by atoms with van der Waals surface area (Å²) in [5.41, 5.74) is 1.79. The molecule has 0 radical (unpaired) electrons. The maximum absolute atomic E-state index is 13.4. The highest BCUT2D eigenvalue weighted by Gasteiger charge is 2.46. The number of hydrogen-bond acceptors (Lipinski definition) is 7. The SMILES string of the molecule is CCC(C(=O)O)N1C[C@@H](NC(=O)c2nc3c(s2)CN(C)CC3)[C@H](NC(=O)c2cc3cc(Cl)ccc3[nH]2)C1=O. The minimum Gasteiger partial charge on any atom is -0.480 e. The Hall–Kier alpha value is -3.48. The molecular weight excluding hydrogens is 532 g/mol. The molecule has 38 heavy (non-hydrogen) atoms. The number of thiazole rings is 1. The summed E-state index contributed by atoms with van der Waals surface area (Å²) in [5.74, 6) is -2.75. The van der Waals surface area contributed by atoms with Gasteiger partial charge in [0.1, 0.15) is 17.8 Å². The molecule has 1 fully saturated rings. The van der Waals surface area contributed by atoms with Crippen molar-refractivity contribution in [3.8, 4) is 0 Å². The molecule has 4 heterocycles. The smallest absolute Gasteiger partial charge is 0.326 e. The van der Waals surface area contributed by atoms with Gasteiger partial charge in [-0.3, -0.25) is 14.4 Å². The van der Waals surface area contributed by atoms with Gasteiger partial charge in [0.05, 0.1) is 11.7 Å². The van der Waals surface area contributed by atoms with Gasteiger partial charge in [-0.05, 0) is 37.7 Å². The Bertz CT molecular complexity index is 1440. The average molecular weight is 559 g/mol. The summed E-state index contributed by atoms with van der Waals surface area (Å²) in [6.07, 6.45) is 0.925. The van der Waals surface area contributed by atoms with Gasteiger partial charge in [0.25, 0.3) is 11.8 Å². The van der Waals surface area contributed by atoms with Crippen LogP contribution in [-0.4, -0.2) is 86.8 Å². The van der Waals surface area contributed by atoms with Crippen molar-refractivity contribution >= 4 is 57.5 Å². The van der Waals surface area contributed by atoms with Gasteiger partial charge in [-0.1, -0.05) is 18.5 Å². The van der Waals surface area contributed by atoms with Gasteiger partial charge in [0.2, 0.25) is 5.91 Å². The predicted octanol–water partition coefficient (Wildman–Crippen LogP) is 1.87. The van der Waals surface area contributed by atoms with Gasteiger partial charge in [-0.15, -0.1) is 11.3 Å². The van der Waals surface area contributed by atoms with Gasteiger partial charge >= 0.3 is 5.97 Å². The number of fused-ring (bicyclic) bond motifs is 2. The summed E-state index contributed by atoms with van der Waals surface area (Å²) in [4.78, 5) is 63.4. The Morgan fingerprint density at radius 2 is 2.05 bits per heavy atom. The van der Waals surface area contributed by atoms with Gasteiger partial charge in [0, 0.05) is 46.9 Å². The van der Waals surface area contributed by atoms with Crippen LogP contribution in [0.15, 0.2) is 24.3 Å². The number of nitrogens with one attached hydrogen (secondary N) is 3. The number of nitrogens with zero attached hydrogens (tertiary/aromatic N) is 3. The van der Waals surface area contributed by atoms with Crippen LogP contribution in [0.4, 0.5) is 0 Å². The standard InChI is InChI=1S/C25H27ClN6O5S/c1-3-18(25(36)37)32-10-17(28-22(34)23-29-15-6-7-31(2)11-19(15)38-23)20(24(32)35)30-21(33)16-9-12-8-13(26)4-5-14(12)27-16/h4-5,8-9,17-18,20,27H,3,6-7,10-11H2,1-2H3,(H,28,34)(H,30,33)(H,36,37)/t17-,18?,20+/m1/s1. The summed E-state index contributed by atoms with van der Waals surface area (Å²) in [6, 6.07) is 3.66. The number of likely N-dealkylation sites (N-methyl/N-ethyl adjacent to an activating group) is 1. The lowest BCUT2D eigenvalue weighted by molar-refractivity contribution is -0.148. The van der Waals surface area contributed by atoms with E-state index in [4.69, 9.17) is 11.6 Å². The fourth-order valence-corrected chi connectivity index (χ4v) is 6.23. The number of aliphatic carboxylic acids is 1. The van der Waals surface area contributed by atoms with Crippen LogP contribution in [0, 0.1) is 0 Å². The second kappa shape index (κ2) is 10.4. The normalized spacial score (nSPS) is 20.4. The maximum atomic E-state index is 13.4. The number of halogens is 1. The Morgan fingerprint density at radius 3 is 2.79 bits per heavy atom. The van der Waals surface area contributed by atoms with Crippen LogP contribution in [0.3, 0.4) is 0 Å². The fraction of sp³-hybridized carbons (Fsp3) is 0.400. The molecule has 1 saturated heterocycles. The van der Waals surface area contributed by atoms with Gasteiger partial charge < -0.3 is 30.5 Å². The number of likely N-dealkylation sites (tertiary alicyclic amines) is 1. The molecule has 2 aliphatic rings. The summed E-state index contributed by atoms with van der Waals surface area (Å²) < 4.78 is 0. The number of hydrogen-bond donors (Lipinski definition) is 4. The molecule has 11 nitrogen and oxygen atoms in total. The number of benzene rings is 1. The van der Waals surface area contributed by atoms with Crippen LogP contribution in [-0.2, 0) is 22.6 Å². The van der Waals surface area contributed by atoms with E-state index < -0.39 is 41.8 Å². The van der Waals surface area contributed by atoms with E-state index in [1.807, 2.05) is 7.05 Å². The Kier molecular flexibility index (Phi) is 7.12. The van der Waals surface area contributed by atoms with Crippen LogP contribution in [0.5, 0.6) is 0 Å². The molecule has 0 spiro atoms. The number of carbonyl (C=O) groups is 4. The molecule has 3 atom stereocenters. The quantitative estimate of drug-likeness (QED) is 0.346. The highest BCUT2D eigenvalue weighted by Crippen LogP contribution is 2.26. The predicted molar refractivity (Wildman–Crippen MR) is 141 cm³/mol. The average Bonchev–Trinajstić information content (AvgIpc) is 3.56. The Balaban J connectivity index is 1.39. The zero-order chi connectivity index (χ0) is 27.1. The largest absolute Gasteiger partial charge is 0.480 e. The monoisotopic (exact) mass is 558 g/mol. The van der Waals surface area contributed by atoms with Gasteiger partial charge in [-0.2, -0.15) is 0 Å². The van der Waals surface area contributed by atoms with Crippen LogP contribution >= 0.6 is 22.9 Å². The molecule has 0 bridgehead atoms. The topological polar surface area (TPSA) is 148 Å². The number of aromatic amines is 1. The van der Waals surface area contributed by atoms with Crippen LogP contribution in [0.1, 0.15) is 44.2 Å². The summed E-state index contributed by atoms with van der Waals surface area (Å²) in [5, 5.41) is 16.7. The number of carboxylic acid groups (broad SMARTS) is 1. The van der Waals surface area contributed by atoms with E-state index in [2.05, 4.69) is 25.5 Å². The highest BCUT2D eigenvalue weighted by molar-refractivity contribution is 7.13. The summed E-state index contributed by atoms with van der Waals surface area (Å²) in [7, 11) is 2.00. The van der Waals surface area contributed by atoms with Crippen molar-refractivity contribution in [2.45, 2.75) is 44.4 Å². The first kappa shape index (κ1) is 26.1. The van der Waals surface area contributed by atoms with E-state index in [0.717, 1.165) is 28.9 Å². The first-order valence-corrected chi connectivity index (χ1v) is 13.4. The molecule has 5 rings (SSSR count). The minimum absolute atomic E-state index is 0.0591. The zero-order valence-electron chi connectivity index (χ0n) is 20.8. The van der Waals surface area contributed by atoms with Crippen molar-refractivity contribution in [2.75, 3.05) is 20.1 Å². The highest BCUT2D eigenvalue weighted by atomic mass is 35.5. The molecule has 0 aliphatic carbocycles. The Labute approximate surface area is 227 Å². The lowest BCUT2D eigenvalue weighted by Crippen LogP contribution is -2.52. The molecule has 2 aliphatic heterocycles. The van der Waals surface area contributed by atoms with Crippen molar-refractivity contribution in [1.29, 1.82) is 0 Å². The fourth-order valence-electron chi connectivity index (χ4n) is 4.95. The molecule has 200 valence electrons. The third-order valence-electron chi connectivity index (χ3n) is 6.94. The molecule has 2 aromatic heterocycles. The van der Waals surface area contributed by atoms with Crippen molar-refractivity contribution in [3.63, 3.8) is 0 Å². The molecule has 4 N–H and O–H groups in total. The lowest BCUT2D eigenvalue weighted by atomic mass is 10.1. The zero-order valence-corrected chi connectivity index (χ0v) is 22.4. The summed E-state index contributed by atoms with van der Waals surface area (Å²) in [6.45, 7) is 3.17. The van der Waals surface area contributed by atoms with Gasteiger partial charge in [-0.25, -0.2) is 9.78 Å². The third-order valence-corrected chi connectivity index (χ3v) is 8.26. The first-order chi connectivity index (χ1) is 18.1. The second-order valence-corrected chi connectivity index (χ2v) is 11.1. The van der Waals surface area contributed by atoms with E-state index in [1.54, 1.807) is 31.2 Å². The second-order valence-electron chi connectivity index (χ2n) is 9.58. The molecule has 3 aromatic rings. The van der Waals surface area contributed by atoms with Crippen molar-refractivity contribution in [3.05, 3.63) is 50.6 Å².